The lowest BCUT2D eigenvalue weighted by atomic mass is 10.0. The Balaban J connectivity index is 2.95. The largest absolute Gasteiger partial charge is 0.396 e. The molecule has 0 unspecified atom stereocenters. The Morgan fingerprint density at radius 3 is 1.37 bits per heavy atom. The summed E-state index contributed by atoms with van der Waals surface area (Å²) in [4.78, 5) is 0. The minimum absolute atomic E-state index is 0.359. The molecule has 1 N–H and O–H groups in total. The third-order valence-corrected chi connectivity index (χ3v) is 4.11. The van der Waals surface area contributed by atoms with E-state index in [9.17, 15) is 0 Å². The van der Waals surface area contributed by atoms with E-state index >= 15 is 0 Å². The van der Waals surface area contributed by atoms with Gasteiger partial charge in [0.2, 0.25) is 0 Å². The summed E-state index contributed by atoms with van der Waals surface area (Å²) in [6.07, 6.45) is 19.6. The molecule has 116 valence electrons. The zero-order valence-corrected chi connectivity index (χ0v) is 13.6. The van der Waals surface area contributed by atoms with Crippen molar-refractivity contribution in [3.63, 3.8) is 0 Å². The molecular weight excluding hydrogens is 232 g/mol. The number of unbranched alkanes of at least 4 members (excludes halogenated alkanes) is 12. The van der Waals surface area contributed by atoms with E-state index in [0.717, 1.165) is 0 Å². The fourth-order valence-corrected chi connectivity index (χ4v) is 2.60. The van der Waals surface area contributed by atoms with Crippen molar-refractivity contribution in [2.24, 2.45) is 5.92 Å². The quantitative estimate of drug-likeness (QED) is 0.357. The van der Waals surface area contributed by atoms with Crippen LogP contribution in [0.5, 0.6) is 0 Å². The molecule has 0 bridgehead atoms. The average Bonchev–Trinajstić information content (AvgIpc) is 2.43. The van der Waals surface area contributed by atoms with Crippen LogP contribution in [0.2, 0.25) is 0 Å². The predicted octanol–water partition coefficient (Wildman–Crippen LogP) is 6.10. The molecule has 1 heteroatoms. The number of aliphatic hydroxyl groups excluding tert-OH is 1. The molecule has 19 heavy (non-hydrogen) atoms. The Morgan fingerprint density at radius 1 is 0.632 bits per heavy atom. The summed E-state index contributed by atoms with van der Waals surface area (Å²) in [5.74, 6) is 0.507. The number of hydrogen-bond acceptors (Lipinski definition) is 1. The first-order valence-corrected chi connectivity index (χ1v) is 8.92. The molecule has 0 fully saturated rings. The van der Waals surface area contributed by atoms with Gasteiger partial charge in [0.05, 0.1) is 0 Å². The predicted molar refractivity (Wildman–Crippen MR) is 86.6 cm³/mol. The zero-order valence-electron chi connectivity index (χ0n) is 13.6. The van der Waals surface area contributed by atoms with Gasteiger partial charge in [-0.25, -0.2) is 0 Å². The van der Waals surface area contributed by atoms with Crippen LogP contribution >= 0.6 is 0 Å². The molecular formula is C18H38O. The molecule has 0 saturated heterocycles. The molecule has 0 spiro atoms. The van der Waals surface area contributed by atoms with Gasteiger partial charge in [-0.1, -0.05) is 97.3 Å². The van der Waals surface area contributed by atoms with Crippen LogP contribution in [0.1, 0.15) is 104 Å². The summed E-state index contributed by atoms with van der Waals surface area (Å²) in [6.45, 7) is 4.78. The van der Waals surface area contributed by atoms with E-state index in [1.807, 2.05) is 0 Å². The third kappa shape index (κ3) is 15.9. The van der Waals surface area contributed by atoms with Gasteiger partial charge in [0.15, 0.2) is 0 Å². The van der Waals surface area contributed by atoms with Gasteiger partial charge in [0.1, 0.15) is 0 Å². The molecule has 0 aliphatic rings. The van der Waals surface area contributed by atoms with Crippen molar-refractivity contribution in [3.05, 3.63) is 0 Å². The van der Waals surface area contributed by atoms with Crippen LogP contribution < -0.4 is 0 Å². The summed E-state index contributed by atoms with van der Waals surface area (Å²) in [7, 11) is 0. The molecule has 1 atom stereocenters. The van der Waals surface area contributed by atoms with Crippen molar-refractivity contribution in [2.75, 3.05) is 6.61 Å². The Kier molecular flexibility index (Phi) is 16.0. The smallest absolute Gasteiger partial charge is 0.0456 e. The summed E-state index contributed by atoms with van der Waals surface area (Å²) >= 11 is 0. The lowest BCUT2D eigenvalue weighted by Gasteiger charge is -2.06. The fourth-order valence-electron chi connectivity index (χ4n) is 2.60. The second-order valence-electron chi connectivity index (χ2n) is 6.32. The molecule has 0 heterocycles. The number of rotatable bonds is 15. The maximum atomic E-state index is 8.93. The second kappa shape index (κ2) is 16.0. The van der Waals surface area contributed by atoms with Gasteiger partial charge in [-0.05, 0) is 12.3 Å². The van der Waals surface area contributed by atoms with Crippen LogP contribution in [0.3, 0.4) is 0 Å². The van der Waals surface area contributed by atoms with Crippen molar-refractivity contribution in [1.29, 1.82) is 0 Å². The lowest BCUT2D eigenvalue weighted by molar-refractivity contribution is 0.227. The summed E-state index contributed by atoms with van der Waals surface area (Å²) in [6, 6.07) is 0. The van der Waals surface area contributed by atoms with Gasteiger partial charge in [-0.15, -0.1) is 0 Å². The van der Waals surface area contributed by atoms with Crippen molar-refractivity contribution < 1.29 is 5.11 Å². The Labute approximate surface area is 122 Å². The van der Waals surface area contributed by atoms with Crippen molar-refractivity contribution in [1.82, 2.24) is 0 Å². The number of aliphatic hydroxyl groups is 1. The van der Waals surface area contributed by atoms with E-state index in [1.165, 1.54) is 89.9 Å². The van der Waals surface area contributed by atoms with Gasteiger partial charge < -0.3 is 5.11 Å². The summed E-state index contributed by atoms with van der Waals surface area (Å²) < 4.78 is 0. The van der Waals surface area contributed by atoms with Crippen LogP contribution in [0.15, 0.2) is 0 Å². The summed E-state index contributed by atoms with van der Waals surface area (Å²) in [5, 5.41) is 8.93. The average molecular weight is 271 g/mol. The van der Waals surface area contributed by atoms with Crippen LogP contribution in [0.25, 0.3) is 0 Å². The van der Waals surface area contributed by atoms with E-state index in [2.05, 4.69) is 13.8 Å². The monoisotopic (exact) mass is 270 g/mol. The molecule has 0 aromatic carbocycles. The topological polar surface area (TPSA) is 20.2 Å². The molecule has 0 aliphatic carbocycles. The molecule has 0 aliphatic heterocycles. The molecule has 0 aromatic heterocycles. The van der Waals surface area contributed by atoms with E-state index in [-0.39, 0.29) is 0 Å². The maximum absolute atomic E-state index is 8.93. The SMILES string of the molecule is CCCCCCCCCCCCCCC[C@H](C)CO. The highest BCUT2D eigenvalue weighted by atomic mass is 16.3. The minimum Gasteiger partial charge on any atom is -0.396 e. The Morgan fingerprint density at radius 2 is 1.00 bits per heavy atom. The van der Waals surface area contributed by atoms with Crippen LogP contribution in [0, 0.1) is 5.92 Å². The Bertz CT molecular complexity index is 156. The van der Waals surface area contributed by atoms with Gasteiger partial charge in [-0.2, -0.15) is 0 Å². The van der Waals surface area contributed by atoms with Crippen molar-refractivity contribution in [2.45, 2.75) is 104 Å². The highest BCUT2D eigenvalue weighted by molar-refractivity contribution is 4.52. The lowest BCUT2D eigenvalue weighted by Crippen LogP contribution is -1.99. The molecule has 0 radical (unpaired) electrons. The molecule has 0 aromatic rings. The molecule has 1 nitrogen and oxygen atoms in total. The number of hydrogen-bond donors (Lipinski definition) is 1. The molecule has 0 amide bonds. The fraction of sp³-hybridized carbons (Fsp3) is 1.00. The van der Waals surface area contributed by atoms with Crippen LogP contribution in [0.4, 0.5) is 0 Å². The highest BCUT2D eigenvalue weighted by Crippen LogP contribution is 2.14. The third-order valence-electron chi connectivity index (χ3n) is 4.11. The molecule has 0 saturated carbocycles. The van der Waals surface area contributed by atoms with E-state index < -0.39 is 0 Å². The first-order valence-electron chi connectivity index (χ1n) is 8.92. The van der Waals surface area contributed by atoms with Crippen LogP contribution in [-0.2, 0) is 0 Å². The summed E-state index contributed by atoms with van der Waals surface area (Å²) in [5.41, 5.74) is 0. The van der Waals surface area contributed by atoms with Crippen LogP contribution in [-0.4, -0.2) is 11.7 Å². The Hall–Kier alpha value is -0.0400. The van der Waals surface area contributed by atoms with Crippen molar-refractivity contribution in [3.8, 4) is 0 Å². The highest BCUT2D eigenvalue weighted by Gasteiger charge is 1.99. The minimum atomic E-state index is 0.359. The second-order valence-corrected chi connectivity index (χ2v) is 6.32. The van der Waals surface area contributed by atoms with Crippen molar-refractivity contribution >= 4 is 0 Å². The van der Waals surface area contributed by atoms with Gasteiger partial charge in [0, 0.05) is 6.61 Å². The first kappa shape index (κ1) is 19.0. The first-order chi connectivity index (χ1) is 9.31. The standard InChI is InChI=1S/C18H38O/c1-3-4-5-6-7-8-9-10-11-12-13-14-15-16-18(2)17-19/h18-19H,3-17H2,1-2H3/t18-/m0/s1. The van der Waals surface area contributed by atoms with Gasteiger partial charge >= 0.3 is 0 Å². The zero-order chi connectivity index (χ0) is 14.2. The van der Waals surface area contributed by atoms with E-state index in [1.54, 1.807) is 0 Å². The maximum Gasteiger partial charge on any atom is 0.0456 e. The van der Waals surface area contributed by atoms with E-state index in [4.69, 9.17) is 5.11 Å². The normalized spacial score (nSPS) is 12.8. The van der Waals surface area contributed by atoms with Gasteiger partial charge in [-0.3, -0.25) is 0 Å². The molecule has 0 rings (SSSR count). The van der Waals surface area contributed by atoms with E-state index in [0.29, 0.717) is 12.5 Å². The van der Waals surface area contributed by atoms with Gasteiger partial charge in [0.25, 0.3) is 0 Å².